The van der Waals surface area contributed by atoms with Crippen LogP contribution < -0.4 is 5.73 Å². The van der Waals surface area contributed by atoms with Crippen LogP contribution in [0.15, 0.2) is 18.2 Å². The lowest BCUT2D eigenvalue weighted by Gasteiger charge is -2.03. The summed E-state index contributed by atoms with van der Waals surface area (Å²) in [7, 11) is 0. The van der Waals surface area contributed by atoms with E-state index in [1.165, 1.54) is 12.1 Å². The number of nitrogens with two attached hydrogens (primary N) is 1. The van der Waals surface area contributed by atoms with E-state index >= 15 is 0 Å². The average Bonchev–Trinajstić information content (AvgIpc) is 2.03. The number of rotatable bonds is 2. The first-order chi connectivity index (χ1) is 5.66. The Balaban J connectivity index is 3.29. The highest BCUT2D eigenvalue weighted by atomic mass is 16.4. The topological polar surface area (TPSA) is 83.2 Å². The third kappa shape index (κ3) is 1.38. The van der Waals surface area contributed by atoms with Crippen LogP contribution in [0.4, 0.5) is 5.69 Å². The minimum absolute atomic E-state index is 0.0764. The van der Waals surface area contributed by atoms with Crippen LogP contribution in [0.5, 0.6) is 0 Å². The zero-order valence-corrected chi connectivity index (χ0v) is 6.28. The number of carboxylic acid groups (broad SMARTS) is 1. The summed E-state index contributed by atoms with van der Waals surface area (Å²) in [5, 5.41) is 19.1. The fourth-order valence-electron chi connectivity index (χ4n) is 1.00. The van der Waals surface area contributed by atoms with Gasteiger partial charge in [-0.3, -0.25) is 0 Å². The predicted octanol–water partition coefficient (Wildman–Crippen LogP) is 0.898. The molecule has 0 aliphatic rings. The molecule has 0 atom stereocenters. The van der Waals surface area contributed by atoms with E-state index in [0.29, 0.717) is 0 Å². The molecule has 0 saturated carbocycles. The van der Waals surface area contributed by atoms with Gasteiger partial charge in [0.05, 0.1) is 5.56 Å². The average molecular weight is 166 g/mol. The zero-order chi connectivity index (χ0) is 9.14. The van der Waals surface area contributed by atoms with E-state index in [1.807, 2.05) is 0 Å². The molecule has 4 nitrogen and oxygen atoms in total. The van der Waals surface area contributed by atoms with Crippen LogP contribution in [0, 0.1) is 0 Å². The molecule has 1 aromatic rings. The van der Waals surface area contributed by atoms with Gasteiger partial charge in [0.15, 0.2) is 0 Å². The lowest BCUT2D eigenvalue weighted by atomic mass is 10.1. The minimum atomic E-state index is -1.15. The van der Waals surface area contributed by atoms with Gasteiger partial charge in [-0.2, -0.15) is 0 Å². The molecular weight excluding hydrogens is 158 g/mol. The molecule has 4 heteroatoms. The molecule has 1 aromatic carbocycles. The molecule has 0 unspecified atom stereocenters. The van der Waals surface area contributed by atoms with Gasteiger partial charge in [-0.15, -0.1) is 0 Å². The van der Waals surface area contributed by atoms with Crippen molar-refractivity contribution in [1.29, 1.82) is 0 Å². The SMILES string of the molecule is Nc1cccc(C[O])c1C(=O)O. The maximum Gasteiger partial charge on any atom is 0.338 e. The smallest absolute Gasteiger partial charge is 0.338 e. The maximum absolute atomic E-state index is 10.6. The summed E-state index contributed by atoms with van der Waals surface area (Å²) in [5.74, 6) is -1.15. The summed E-state index contributed by atoms with van der Waals surface area (Å²) >= 11 is 0. The Morgan fingerprint density at radius 2 is 2.17 bits per heavy atom. The van der Waals surface area contributed by atoms with E-state index in [-0.39, 0.29) is 16.8 Å². The summed E-state index contributed by atoms with van der Waals surface area (Å²) in [5.41, 5.74) is 5.66. The van der Waals surface area contributed by atoms with Crippen molar-refractivity contribution in [3.63, 3.8) is 0 Å². The zero-order valence-electron chi connectivity index (χ0n) is 6.28. The fraction of sp³-hybridized carbons (Fsp3) is 0.125. The molecule has 0 fully saturated rings. The predicted molar refractivity (Wildman–Crippen MR) is 42.2 cm³/mol. The molecular formula is C8H8NO3. The second kappa shape index (κ2) is 3.23. The van der Waals surface area contributed by atoms with Crippen LogP contribution >= 0.6 is 0 Å². The van der Waals surface area contributed by atoms with Gasteiger partial charge in [0.1, 0.15) is 6.61 Å². The molecule has 0 amide bonds. The molecule has 0 aromatic heterocycles. The maximum atomic E-state index is 10.6. The van der Waals surface area contributed by atoms with Gasteiger partial charge in [0.25, 0.3) is 0 Å². The summed E-state index contributed by atoms with van der Waals surface area (Å²) in [4.78, 5) is 10.6. The number of carboxylic acids is 1. The Bertz CT molecular complexity index is 309. The van der Waals surface area contributed by atoms with Crippen molar-refractivity contribution in [2.75, 3.05) is 5.73 Å². The van der Waals surface area contributed by atoms with Gasteiger partial charge in [-0.25, -0.2) is 9.90 Å². The van der Waals surface area contributed by atoms with Crippen molar-refractivity contribution in [3.8, 4) is 0 Å². The molecule has 63 valence electrons. The Morgan fingerprint density at radius 3 is 2.58 bits per heavy atom. The molecule has 0 aliphatic heterocycles. The molecule has 3 N–H and O–H groups in total. The van der Waals surface area contributed by atoms with E-state index in [2.05, 4.69) is 0 Å². The first-order valence-electron chi connectivity index (χ1n) is 3.35. The lowest BCUT2D eigenvalue weighted by molar-refractivity contribution is 0.0692. The third-order valence-electron chi connectivity index (χ3n) is 1.55. The second-order valence-electron chi connectivity index (χ2n) is 2.33. The monoisotopic (exact) mass is 166 g/mol. The van der Waals surface area contributed by atoms with Gasteiger partial charge >= 0.3 is 5.97 Å². The number of anilines is 1. The number of aromatic carboxylic acids is 1. The van der Waals surface area contributed by atoms with Gasteiger partial charge in [0.2, 0.25) is 0 Å². The number of carbonyl (C=O) groups is 1. The van der Waals surface area contributed by atoms with E-state index < -0.39 is 12.6 Å². The number of benzene rings is 1. The number of hydrogen-bond donors (Lipinski definition) is 2. The lowest BCUT2D eigenvalue weighted by Crippen LogP contribution is -2.06. The van der Waals surface area contributed by atoms with Crippen LogP contribution in [0.1, 0.15) is 15.9 Å². The highest BCUT2D eigenvalue weighted by Crippen LogP contribution is 2.16. The van der Waals surface area contributed by atoms with Crippen molar-refractivity contribution >= 4 is 11.7 Å². The van der Waals surface area contributed by atoms with Crippen LogP contribution in [-0.4, -0.2) is 11.1 Å². The molecule has 1 radical (unpaired) electrons. The Kier molecular flexibility index (Phi) is 2.30. The first kappa shape index (κ1) is 8.55. The van der Waals surface area contributed by atoms with Crippen LogP contribution in [-0.2, 0) is 11.7 Å². The third-order valence-corrected chi connectivity index (χ3v) is 1.55. The molecule has 12 heavy (non-hydrogen) atoms. The van der Waals surface area contributed by atoms with Gasteiger partial charge in [-0.05, 0) is 11.6 Å². The van der Waals surface area contributed by atoms with Gasteiger partial charge in [0, 0.05) is 5.69 Å². The molecule has 0 bridgehead atoms. The van der Waals surface area contributed by atoms with Crippen molar-refractivity contribution in [1.82, 2.24) is 0 Å². The largest absolute Gasteiger partial charge is 0.478 e. The summed E-state index contributed by atoms with van der Waals surface area (Å²) < 4.78 is 0. The summed E-state index contributed by atoms with van der Waals surface area (Å²) in [6.07, 6.45) is 0. The second-order valence-corrected chi connectivity index (χ2v) is 2.33. The Hall–Kier alpha value is -1.55. The normalized spacial score (nSPS) is 9.75. The van der Waals surface area contributed by atoms with Gasteiger partial charge in [-0.1, -0.05) is 12.1 Å². The molecule has 0 heterocycles. The van der Waals surface area contributed by atoms with Crippen molar-refractivity contribution in [2.24, 2.45) is 0 Å². The molecule has 0 saturated heterocycles. The summed E-state index contributed by atoms with van der Waals surface area (Å²) in [6.45, 7) is -0.563. The van der Waals surface area contributed by atoms with E-state index in [4.69, 9.17) is 10.8 Å². The van der Waals surface area contributed by atoms with E-state index in [9.17, 15) is 9.90 Å². The molecule has 1 rings (SSSR count). The highest BCUT2D eigenvalue weighted by Gasteiger charge is 2.12. The van der Waals surface area contributed by atoms with E-state index in [0.717, 1.165) is 0 Å². The fourth-order valence-corrected chi connectivity index (χ4v) is 1.00. The Morgan fingerprint density at radius 1 is 1.50 bits per heavy atom. The quantitative estimate of drug-likeness (QED) is 0.640. The van der Waals surface area contributed by atoms with Crippen LogP contribution in [0.3, 0.4) is 0 Å². The number of nitrogen functional groups attached to an aromatic ring is 1. The van der Waals surface area contributed by atoms with Crippen LogP contribution in [0.2, 0.25) is 0 Å². The minimum Gasteiger partial charge on any atom is -0.478 e. The first-order valence-corrected chi connectivity index (χ1v) is 3.35. The van der Waals surface area contributed by atoms with Crippen LogP contribution in [0.25, 0.3) is 0 Å². The van der Waals surface area contributed by atoms with Crippen molar-refractivity contribution in [2.45, 2.75) is 6.61 Å². The highest BCUT2D eigenvalue weighted by molar-refractivity contribution is 5.95. The standard InChI is InChI=1S/C8H8NO3/c9-6-3-1-2-5(4-10)7(6)8(11)12/h1-3H,4,9H2,(H,11,12). The number of hydrogen-bond acceptors (Lipinski definition) is 2. The molecule has 0 spiro atoms. The van der Waals surface area contributed by atoms with E-state index in [1.54, 1.807) is 6.07 Å². The van der Waals surface area contributed by atoms with Crippen molar-refractivity contribution in [3.05, 3.63) is 29.3 Å². The van der Waals surface area contributed by atoms with Gasteiger partial charge < -0.3 is 10.8 Å². The summed E-state index contributed by atoms with van der Waals surface area (Å²) in [6, 6.07) is 4.49. The molecule has 0 aliphatic carbocycles. The Labute approximate surface area is 69.3 Å². The van der Waals surface area contributed by atoms with Crippen molar-refractivity contribution < 1.29 is 15.0 Å².